The fourth-order valence-corrected chi connectivity index (χ4v) is 4.03. The Morgan fingerprint density at radius 1 is 1.39 bits per heavy atom. The molecular weight excluding hydrogens is 298 g/mol. The van der Waals surface area contributed by atoms with E-state index in [0.29, 0.717) is 12.8 Å². The van der Waals surface area contributed by atoms with Gasteiger partial charge in [0.05, 0.1) is 17.2 Å². The van der Waals surface area contributed by atoms with Crippen molar-refractivity contribution in [1.29, 1.82) is 0 Å². The highest BCUT2D eigenvalue weighted by Crippen LogP contribution is 2.43. The van der Waals surface area contributed by atoms with Crippen molar-refractivity contribution in [2.45, 2.75) is 45.2 Å². The first-order valence-corrected chi connectivity index (χ1v) is 7.99. The number of aromatic nitrogens is 1. The van der Waals surface area contributed by atoms with Gasteiger partial charge in [0.2, 0.25) is 5.91 Å². The maximum atomic E-state index is 12.0. The number of piperidine rings is 1. The van der Waals surface area contributed by atoms with Crippen LogP contribution in [0.3, 0.4) is 0 Å². The predicted octanol–water partition coefficient (Wildman–Crippen LogP) is 1.19. The van der Waals surface area contributed by atoms with Gasteiger partial charge in [-0.2, -0.15) is 0 Å². The van der Waals surface area contributed by atoms with Crippen LogP contribution in [0.4, 0.5) is 0 Å². The molecule has 2 aliphatic rings. The Hall–Kier alpha value is -1.89. The first kappa shape index (κ1) is 16.0. The van der Waals surface area contributed by atoms with Gasteiger partial charge in [-0.15, -0.1) is 0 Å². The van der Waals surface area contributed by atoms with Crippen LogP contribution >= 0.6 is 0 Å². The summed E-state index contributed by atoms with van der Waals surface area (Å²) in [5, 5.41) is 13.5. The standard InChI is InChI=1S/C16H23N3O4/c1-10-12(11(2)23-17-10)9-19-6-4-16(5-7-19)13(15(21)22)8-14(20)18(16)3/h13H,4-9H2,1-3H3,(H,21,22)/t13-/m0/s1. The molecular formula is C16H23N3O4. The normalized spacial score (nSPS) is 24.6. The summed E-state index contributed by atoms with van der Waals surface area (Å²) >= 11 is 0. The molecule has 0 radical (unpaired) electrons. The zero-order valence-electron chi connectivity index (χ0n) is 13.8. The molecule has 1 aromatic rings. The molecule has 2 fully saturated rings. The Morgan fingerprint density at radius 3 is 2.57 bits per heavy atom. The second kappa shape index (κ2) is 5.63. The summed E-state index contributed by atoms with van der Waals surface area (Å²) in [5.74, 6) is -0.681. The lowest BCUT2D eigenvalue weighted by molar-refractivity contribution is -0.146. The maximum absolute atomic E-state index is 12.0. The average Bonchev–Trinajstić information content (AvgIpc) is 2.95. The number of hydrogen-bond donors (Lipinski definition) is 1. The number of carboxylic acid groups (broad SMARTS) is 1. The van der Waals surface area contributed by atoms with Crippen LogP contribution in [0, 0.1) is 19.8 Å². The number of carboxylic acids is 1. The molecule has 126 valence electrons. The molecule has 3 rings (SSSR count). The van der Waals surface area contributed by atoms with Crippen molar-refractivity contribution in [2.75, 3.05) is 20.1 Å². The molecule has 1 N–H and O–H groups in total. The van der Waals surface area contributed by atoms with E-state index in [1.54, 1.807) is 11.9 Å². The van der Waals surface area contributed by atoms with Crippen LogP contribution in [-0.4, -0.2) is 57.6 Å². The molecule has 0 aromatic carbocycles. The molecule has 1 aromatic heterocycles. The number of aliphatic carboxylic acids is 1. The average molecular weight is 321 g/mol. The number of carbonyl (C=O) groups excluding carboxylic acids is 1. The lowest BCUT2D eigenvalue weighted by Gasteiger charge is -2.45. The van der Waals surface area contributed by atoms with Crippen molar-refractivity contribution in [3.05, 3.63) is 17.0 Å². The fourth-order valence-electron chi connectivity index (χ4n) is 4.03. The topological polar surface area (TPSA) is 86.9 Å². The Bertz CT molecular complexity index is 612. The van der Waals surface area contributed by atoms with Crippen LogP contribution in [0.1, 0.15) is 36.3 Å². The predicted molar refractivity (Wildman–Crippen MR) is 81.7 cm³/mol. The molecule has 7 heteroatoms. The molecule has 23 heavy (non-hydrogen) atoms. The van der Waals surface area contributed by atoms with Crippen LogP contribution in [-0.2, 0) is 16.1 Å². The Balaban J connectivity index is 1.72. The van der Waals surface area contributed by atoms with Crippen molar-refractivity contribution >= 4 is 11.9 Å². The van der Waals surface area contributed by atoms with E-state index < -0.39 is 17.4 Å². The summed E-state index contributed by atoms with van der Waals surface area (Å²) in [4.78, 5) is 27.6. The third kappa shape index (κ3) is 2.52. The minimum Gasteiger partial charge on any atom is -0.481 e. The van der Waals surface area contributed by atoms with E-state index in [1.807, 2.05) is 13.8 Å². The number of amides is 1. The van der Waals surface area contributed by atoms with Gasteiger partial charge >= 0.3 is 5.97 Å². The van der Waals surface area contributed by atoms with Crippen LogP contribution < -0.4 is 0 Å². The number of rotatable bonds is 3. The van der Waals surface area contributed by atoms with Crippen molar-refractivity contribution < 1.29 is 19.2 Å². The highest BCUT2D eigenvalue weighted by atomic mass is 16.5. The highest BCUT2D eigenvalue weighted by molar-refractivity contribution is 5.88. The van der Waals surface area contributed by atoms with Crippen LogP contribution in [0.25, 0.3) is 0 Å². The second-order valence-electron chi connectivity index (χ2n) is 6.73. The summed E-state index contributed by atoms with van der Waals surface area (Å²) in [7, 11) is 1.75. The van der Waals surface area contributed by atoms with E-state index in [4.69, 9.17) is 4.52 Å². The smallest absolute Gasteiger partial charge is 0.309 e. The van der Waals surface area contributed by atoms with Crippen molar-refractivity contribution in [3.8, 4) is 0 Å². The largest absolute Gasteiger partial charge is 0.481 e. The van der Waals surface area contributed by atoms with Gasteiger partial charge in [-0.25, -0.2) is 0 Å². The molecule has 2 saturated heterocycles. The van der Waals surface area contributed by atoms with Gasteiger partial charge in [0.15, 0.2) is 0 Å². The first-order chi connectivity index (χ1) is 10.8. The van der Waals surface area contributed by atoms with Crippen LogP contribution in [0.5, 0.6) is 0 Å². The quantitative estimate of drug-likeness (QED) is 0.900. The van der Waals surface area contributed by atoms with Gasteiger partial charge in [0.25, 0.3) is 0 Å². The number of nitrogens with zero attached hydrogens (tertiary/aromatic N) is 3. The molecule has 0 unspecified atom stereocenters. The van der Waals surface area contributed by atoms with E-state index in [9.17, 15) is 14.7 Å². The molecule has 0 saturated carbocycles. The van der Waals surface area contributed by atoms with Crippen LogP contribution in [0.15, 0.2) is 4.52 Å². The number of likely N-dealkylation sites (tertiary alicyclic amines) is 2. The zero-order chi connectivity index (χ0) is 16.8. The van der Waals surface area contributed by atoms with Gasteiger partial charge < -0.3 is 14.5 Å². The lowest BCUT2D eigenvalue weighted by atomic mass is 9.77. The van der Waals surface area contributed by atoms with Gasteiger partial charge in [0, 0.05) is 38.7 Å². The number of hydrogen-bond acceptors (Lipinski definition) is 5. The minimum atomic E-state index is -0.859. The summed E-state index contributed by atoms with van der Waals surface area (Å²) in [6.45, 7) is 6.13. The monoisotopic (exact) mass is 321 g/mol. The summed E-state index contributed by atoms with van der Waals surface area (Å²) < 4.78 is 5.20. The summed E-state index contributed by atoms with van der Waals surface area (Å²) in [6, 6.07) is 0. The molecule has 1 spiro atoms. The Morgan fingerprint density at radius 2 is 2.04 bits per heavy atom. The highest BCUT2D eigenvalue weighted by Gasteiger charge is 2.55. The molecule has 7 nitrogen and oxygen atoms in total. The molecule has 0 aliphatic carbocycles. The van der Waals surface area contributed by atoms with E-state index in [1.165, 1.54) is 0 Å². The van der Waals surface area contributed by atoms with Crippen molar-refractivity contribution in [2.24, 2.45) is 5.92 Å². The third-order valence-corrected chi connectivity index (χ3v) is 5.65. The second-order valence-corrected chi connectivity index (χ2v) is 6.73. The maximum Gasteiger partial charge on any atom is 0.309 e. The van der Waals surface area contributed by atoms with Gasteiger partial charge in [-0.3, -0.25) is 14.5 Å². The summed E-state index contributed by atoms with van der Waals surface area (Å²) in [5.41, 5.74) is 1.48. The van der Waals surface area contributed by atoms with Gasteiger partial charge in [0.1, 0.15) is 5.76 Å². The molecule has 0 bridgehead atoms. The zero-order valence-corrected chi connectivity index (χ0v) is 13.8. The van der Waals surface area contributed by atoms with Crippen LogP contribution in [0.2, 0.25) is 0 Å². The van der Waals surface area contributed by atoms with Crippen molar-refractivity contribution in [1.82, 2.24) is 15.0 Å². The molecule has 3 heterocycles. The molecule has 2 aliphatic heterocycles. The Labute approximate surface area is 135 Å². The first-order valence-electron chi connectivity index (χ1n) is 7.99. The lowest BCUT2D eigenvalue weighted by Crippen LogP contribution is -2.55. The number of aryl methyl sites for hydroxylation is 2. The Kier molecular flexibility index (Phi) is 3.91. The fraction of sp³-hybridized carbons (Fsp3) is 0.688. The summed E-state index contributed by atoms with van der Waals surface area (Å²) in [6.07, 6.45) is 1.50. The van der Waals surface area contributed by atoms with E-state index in [0.717, 1.165) is 36.7 Å². The SMILES string of the molecule is Cc1noc(C)c1CN1CCC2(CC1)[C@H](C(=O)O)CC(=O)N2C. The van der Waals surface area contributed by atoms with E-state index in [2.05, 4.69) is 10.1 Å². The van der Waals surface area contributed by atoms with Gasteiger partial charge in [-0.05, 0) is 26.7 Å². The molecule has 1 amide bonds. The molecule has 1 atom stereocenters. The third-order valence-electron chi connectivity index (χ3n) is 5.65. The van der Waals surface area contributed by atoms with E-state index in [-0.39, 0.29) is 12.3 Å². The number of carbonyl (C=O) groups is 2. The van der Waals surface area contributed by atoms with E-state index >= 15 is 0 Å². The minimum absolute atomic E-state index is 0.0587. The van der Waals surface area contributed by atoms with Gasteiger partial charge in [-0.1, -0.05) is 5.16 Å². The van der Waals surface area contributed by atoms with Crippen molar-refractivity contribution in [3.63, 3.8) is 0 Å².